The second-order valence-electron chi connectivity index (χ2n) is 3.96. The van der Waals surface area contributed by atoms with E-state index in [4.69, 9.17) is 4.74 Å². The van der Waals surface area contributed by atoms with E-state index in [1.165, 1.54) is 12.1 Å². The molecule has 96 valence electrons. The monoisotopic (exact) mass is 266 g/mol. The zero-order chi connectivity index (χ0) is 13.0. The molecule has 0 aliphatic rings. The summed E-state index contributed by atoms with van der Waals surface area (Å²) in [7, 11) is 1.88. The van der Waals surface area contributed by atoms with Crippen molar-refractivity contribution in [2.45, 2.75) is 20.1 Å². The summed E-state index contributed by atoms with van der Waals surface area (Å²) in [5.74, 6) is 0.280. The van der Waals surface area contributed by atoms with Gasteiger partial charge in [0.15, 0.2) is 0 Å². The normalized spacial score (nSPS) is 10.6. The van der Waals surface area contributed by atoms with E-state index in [-0.39, 0.29) is 5.82 Å². The summed E-state index contributed by atoms with van der Waals surface area (Å²) in [5, 5.41) is 6.03. The van der Waals surface area contributed by atoms with Gasteiger partial charge in [0.2, 0.25) is 0 Å². The molecule has 1 N–H and O–H groups in total. The topological polar surface area (TPSA) is 34.2 Å². The number of thiazole rings is 1. The lowest BCUT2D eigenvalue weighted by Gasteiger charge is -2.07. The van der Waals surface area contributed by atoms with Gasteiger partial charge in [-0.3, -0.25) is 0 Å². The van der Waals surface area contributed by atoms with Crippen LogP contribution in [0.3, 0.4) is 0 Å². The fourth-order valence-corrected chi connectivity index (χ4v) is 2.32. The maximum atomic E-state index is 13.1. The Morgan fingerprint density at radius 1 is 1.44 bits per heavy atom. The van der Waals surface area contributed by atoms with Crippen LogP contribution in [0.2, 0.25) is 0 Å². The molecule has 0 radical (unpaired) electrons. The zero-order valence-electron chi connectivity index (χ0n) is 10.4. The largest absolute Gasteiger partial charge is 0.487 e. The van der Waals surface area contributed by atoms with Crippen LogP contribution >= 0.6 is 11.3 Å². The van der Waals surface area contributed by atoms with Crippen molar-refractivity contribution in [3.8, 4) is 5.75 Å². The summed E-state index contributed by atoms with van der Waals surface area (Å²) in [6, 6.07) is 4.53. The van der Waals surface area contributed by atoms with Crippen LogP contribution in [-0.4, -0.2) is 12.0 Å². The standard InChI is InChI=1S/C13H15FN2OS/c1-9-3-4-10(14)5-12(9)17-7-11-8-18-13(16-11)6-15-2/h3-5,8,15H,6-7H2,1-2H3. The van der Waals surface area contributed by atoms with Gasteiger partial charge >= 0.3 is 0 Å². The van der Waals surface area contributed by atoms with E-state index in [9.17, 15) is 4.39 Å². The first-order valence-corrected chi connectivity index (χ1v) is 6.54. The van der Waals surface area contributed by atoms with Crippen molar-refractivity contribution in [3.05, 3.63) is 45.7 Å². The molecule has 0 saturated carbocycles. The molecule has 0 spiro atoms. The number of nitrogens with zero attached hydrogens (tertiary/aromatic N) is 1. The Kier molecular flexibility index (Phi) is 4.28. The van der Waals surface area contributed by atoms with E-state index in [1.54, 1.807) is 17.4 Å². The Morgan fingerprint density at radius 3 is 3.06 bits per heavy atom. The van der Waals surface area contributed by atoms with E-state index in [2.05, 4.69) is 10.3 Å². The summed E-state index contributed by atoms with van der Waals surface area (Å²) in [6.07, 6.45) is 0. The van der Waals surface area contributed by atoms with Gasteiger partial charge in [-0.05, 0) is 25.6 Å². The number of hydrogen-bond acceptors (Lipinski definition) is 4. The quantitative estimate of drug-likeness (QED) is 0.903. The first-order valence-electron chi connectivity index (χ1n) is 5.66. The van der Waals surface area contributed by atoms with Crippen LogP contribution in [0.25, 0.3) is 0 Å². The molecule has 0 unspecified atom stereocenters. The second-order valence-corrected chi connectivity index (χ2v) is 4.90. The SMILES string of the molecule is CNCc1nc(COc2cc(F)ccc2C)cs1. The Balaban J connectivity index is 1.99. The minimum Gasteiger partial charge on any atom is -0.487 e. The highest BCUT2D eigenvalue weighted by Crippen LogP contribution is 2.20. The van der Waals surface area contributed by atoms with Crippen molar-refractivity contribution in [1.82, 2.24) is 10.3 Å². The van der Waals surface area contributed by atoms with Crippen LogP contribution < -0.4 is 10.1 Å². The molecule has 18 heavy (non-hydrogen) atoms. The lowest BCUT2D eigenvalue weighted by Crippen LogP contribution is -2.05. The number of benzene rings is 1. The van der Waals surface area contributed by atoms with E-state index in [1.807, 2.05) is 19.4 Å². The molecule has 1 heterocycles. The number of rotatable bonds is 5. The lowest BCUT2D eigenvalue weighted by atomic mass is 10.2. The van der Waals surface area contributed by atoms with Crippen LogP contribution in [0.4, 0.5) is 4.39 Å². The Bertz CT molecular complexity index is 527. The van der Waals surface area contributed by atoms with Gasteiger partial charge in [0, 0.05) is 18.0 Å². The fourth-order valence-electron chi connectivity index (χ4n) is 1.53. The van der Waals surface area contributed by atoms with Crippen molar-refractivity contribution >= 4 is 11.3 Å². The first kappa shape index (κ1) is 13.0. The molecule has 0 aliphatic heterocycles. The fraction of sp³-hybridized carbons (Fsp3) is 0.308. The number of aromatic nitrogens is 1. The van der Waals surface area contributed by atoms with Crippen LogP contribution in [0.5, 0.6) is 5.75 Å². The highest BCUT2D eigenvalue weighted by Gasteiger charge is 2.05. The van der Waals surface area contributed by atoms with Crippen molar-refractivity contribution < 1.29 is 9.13 Å². The second kappa shape index (κ2) is 5.93. The first-order chi connectivity index (χ1) is 8.69. The molecule has 1 aromatic heterocycles. The van der Waals surface area contributed by atoms with Crippen LogP contribution in [0, 0.1) is 12.7 Å². The molecule has 2 aromatic rings. The average molecular weight is 266 g/mol. The van der Waals surface area contributed by atoms with Gasteiger partial charge in [0.25, 0.3) is 0 Å². The molecule has 0 atom stereocenters. The third kappa shape index (κ3) is 3.27. The maximum Gasteiger partial charge on any atom is 0.131 e. The van der Waals surface area contributed by atoms with Gasteiger partial charge in [-0.25, -0.2) is 9.37 Å². The molecular formula is C13H15FN2OS. The molecule has 0 bridgehead atoms. The smallest absolute Gasteiger partial charge is 0.131 e. The molecule has 0 fully saturated rings. The number of hydrogen-bond donors (Lipinski definition) is 1. The highest BCUT2D eigenvalue weighted by molar-refractivity contribution is 7.09. The molecule has 0 saturated heterocycles. The molecule has 2 rings (SSSR count). The molecule has 0 aliphatic carbocycles. The highest BCUT2D eigenvalue weighted by atomic mass is 32.1. The molecule has 3 nitrogen and oxygen atoms in total. The van der Waals surface area contributed by atoms with E-state index >= 15 is 0 Å². The van der Waals surface area contributed by atoms with Gasteiger partial charge < -0.3 is 10.1 Å². The van der Waals surface area contributed by atoms with E-state index in [0.717, 1.165) is 22.8 Å². The predicted octanol–water partition coefficient (Wildman–Crippen LogP) is 2.89. The van der Waals surface area contributed by atoms with Crippen molar-refractivity contribution in [3.63, 3.8) is 0 Å². The van der Waals surface area contributed by atoms with Crippen molar-refractivity contribution in [1.29, 1.82) is 0 Å². The lowest BCUT2D eigenvalue weighted by molar-refractivity contribution is 0.298. The van der Waals surface area contributed by atoms with Crippen LogP contribution in [0.15, 0.2) is 23.6 Å². The van der Waals surface area contributed by atoms with Gasteiger partial charge in [-0.15, -0.1) is 11.3 Å². The van der Waals surface area contributed by atoms with Gasteiger partial charge in [0.05, 0.1) is 5.69 Å². The van der Waals surface area contributed by atoms with Crippen molar-refractivity contribution in [2.24, 2.45) is 0 Å². The minimum atomic E-state index is -0.287. The third-order valence-electron chi connectivity index (χ3n) is 2.45. The van der Waals surface area contributed by atoms with Crippen LogP contribution in [0.1, 0.15) is 16.3 Å². The Labute approximate surface area is 110 Å². The average Bonchev–Trinajstić information content (AvgIpc) is 2.79. The van der Waals surface area contributed by atoms with Gasteiger partial charge in [-0.1, -0.05) is 6.07 Å². The Morgan fingerprint density at radius 2 is 2.28 bits per heavy atom. The molecule has 1 aromatic carbocycles. The molecular weight excluding hydrogens is 251 g/mol. The van der Waals surface area contributed by atoms with E-state index in [0.29, 0.717) is 12.4 Å². The number of ether oxygens (including phenoxy) is 1. The molecule has 5 heteroatoms. The predicted molar refractivity (Wildman–Crippen MR) is 70.3 cm³/mol. The zero-order valence-corrected chi connectivity index (χ0v) is 11.2. The summed E-state index contributed by atoms with van der Waals surface area (Å²) >= 11 is 1.59. The van der Waals surface area contributed by atoms with Crippen LogP contribution in [-0.2, 0) is 13.2 Å². The minimum absolute atomic E-state index is 0.287. The summed E-state index contributed by atoms with van der Waals surface area (Å²) in [5.41, 5.74) is 1.79. The Hall–Kier alpha value is -1.46. The summed E-state index contributed by atoms with van der Waals surface area (Å²) in [4.78, 5) is 4.40. The van der Waals surface area contributed by atoms with Gasteiger partial charge in [-0.2, -0.15) is 0 Å². The summed E-state index contributed by atoms with van der Waals surface area (Å²) < 4.78 is 18.7. The van der Waals surface area contributed by atoms with Gasteiger partial charge in [0.1, 0.15) is 23.2 Å². The number of halogens is 1. The third-order valence-corrected chi connectivity index (χ3v) is 3.35. The number of aryl methyl sites for hydroxylation is 1. The van der Waals surface area contributed by atoms with E-state index < -0.39 is 0 Å². The van der Waals surface area contributed by atoms with Crippen molar-refractivity contribution in [2.75, 3.05) is 7.05 Å². The molecule has 0 amide bonds. The number of nitrogens with one attached hydrogen (secondary N) is 1. The maximum absolute atomic E-state index is 13.1. The summed E-state index contributed by atoms with van der Waals surface area (Å²) in [6.45, 7) is 3.01.